The summed E-state index contributed by atoms with van der Waals surface area (Å²) in [6.45, 7) is -0.235. The predicted octanol–water partition coefficient (Wildman–Crippen LogP) is 2.53. The molecule has 1 heterocycles. The second-order valence-electron chi connectivity index (χ2n) is 3.62. The second-order valence-corrected chi connectivity index (χ2v) is 3.62. The lowest BCUT2D eigenvalue weighted by Gasteiger charge is -2.12. The number of aromatic nitrogens is 2. The predicted molar refractivity (Wildman–Crippen MR) is 60.1 cm³/mol. The summed E-state index contributed by atoms with van der Waals surface area (Å²) in [5.41, 5.74) is 0.599. The van der Waals surface area contributed by atoms with E-state index in [1.807, 2.05) is 0 Å². The average molecular weight is 270 g/mol. The van der Waals surface area contributed by atoms with Crippen molar-refractivity contribution in [1.82, 2.24) is 9.97 Å². The molecule has 0 aliphatic carbocycles. The van der Waals surface area contributed by atoms with Crippen LogP contribution in [-0.4, -0.2) is 21.4 Å². The fraction of sp³-hybridized carbons (Fsp3) is 0.167. The van der Waals surface area contributed by atoms with Gasteiger partial charge < -0.3 is 9.84 Å². The summed E-state index contributed by atoms with van der Waals surface area (Å²) in [5.74, 6) is -0.274. The van der Waals surface area contributed by atoms with Crippen LogP contribution in [0.15, 0.2) is 36.7 Å². The van der Waals surface area contributed by atoms with Crippen molar-refractivity contribution in [1.29, 1.82) is 0 Å². The highest BCUT2D eigenvalue weighted by molar-refractivity contribution is 5.63. The van der Waals surface area contributed by atoms with Crippen LogP contribution in [0, 0.1) is 0 Å². The van der Waals surface area contributed by atoms with Crippen LogP contribution in [0.1, 0.15) is 5.56 Å². The van der Waals surface area contributed by atoms with Gasteiger partial charge in [0.05, 0.1) is 12.2 Å². The number of rotatable bonds is 3. The van der Waals surface area contributed by atoms with Gasteiger partial charge in [-0.05, 0) is 12.1 Å². The molecule has 7 heteroatoms. The average Bonchev–Trinajstić information content (AvgIpc) is 2.38. The van der Waals surface area contributed by atoms with E-state index in [9.17, 15) is 13.2 Å². The Hall–Kier alpha value is -2.15. The normalized spacial score (nSPS) is 11.4. The third kappa shape index (κ3) is 3.41. The molecule has 0 aliphatic heterocycles. The smallest absolute Gasteiger partial charge is 0.405 e. The van der Waals surface area contributed by atoms with E-state index < -0.39 is 6.36 Å². The summed E-state index contributed by atoms with van der Waals surface area (Å²) in [6, 6.07) is 5.59. The highest BCUT2D eigenvalue weighted by Gasteiger charge is 2.32. The van der Waals surface area contributed by atoms with E-state index >= 15 is 0 Å². The number of alkyl halides is 3. The van der Waals surface area contributed by atoms with E-state index in [1.165, 1.54) is 30.6 Å². The first kappa shape index (κ1) is 13.3. The zero-order chi connectivity index (χ0) is 13.9. The number of hydrogen-bond donors (Lipinski definition) is 1. The molecule has 0 bridgehead atoms. The van der Waals surface area contributed by atoms with E-state index in [0.717, 1.165) is 0 Å². The highest BCUT2D eigenvalue weighted by atomic mass is 19.4. The summed E-state index contributed by atoms with van der Waals surface area (Å²) in [6.07, 6.45) is -2.10. The summed E-state index contributed by atoms with van der Waals surface area (Å²) < 4.78 is 40.7. The molecule has 0 amide bonds. The largest absolute Gasteiger partial charge is 0.573 e. The van der Waals surface area contributed by atoms with Crippen LogP contribution >= 0.6 is 0 Å². The SMILES string of the molecule is OCc1cnc(-c2ccccc2OC(F)(F)F)nc1. The Labute approximate surface area is 106 Å². The summed E-state index contributed by atoms with van der Waals surface area (Å²) >= 11 is 0. The van der Waals surface area contributed by atoms with Crippen LogP contribution in [0.25, 0.3) is 11.4 Å². The van der Waals surface area contributed by atoms with Crippen LogP contribution in [-0.2, 0) is 6.61 Å². The first-order valence-electron chi connectivity index (χ1n) is 5.26. The number of nitrogens with zero attached hydrogens (tertiary/aromatic N) is 2. The number of hydrogen-bond acceptors (Lipinski definition) is 4. The van der Waals surface area contributed by atoms with E-state index in [2.05, 4.69) is 14.7 Å². The molecule has 0 fully saturated rings. The highest BCUT2D eigenvalue weighted by Crippen LogP contribution is 2.31. The molecule has 0 atom stereocenters. The maximum atomic E-state index is 12.3. The number of aliphatic hydroxyl groups excluding tert-OH is 1. The monoisotopic (exact) mass is 270 g/mol. The molecule has 0 saturated carbocycles. The summed E-state index contributed by atoms with van der Waals surface area (Å²) in [4.78, 5) is 7.78. The molecule has 0 spiro atoms. The molecule has 1 N–H and O–H groups in total. The van der Waals surface area contributed by atoms with Gasteiger partial charge in [0.2, 0.25) is 0 Å². The molecular weight excluding hydrogens is 261 g/mol. The van der Waals surface area contributed by atoms with E-state index in [0.29, 0.717) is 5.56 Å². The van der Waals surface area contributed by atoms with Gasteiger partial charge in [0.1, 0.15) is 5.75 Å². The number of ether oxygens (including phenoxy) is 1. The van der Waals surface area contributed by atoms with Gasteiger partial charge in [-0.25, -0.2) is 9.97 Å². The number of benzene rings is 1. The molecule has 1 aromatic heterocycles. The van der Waals surface area contributed by atoms with Crippen molar-refractivity contribution in [2.45, 2.75) is 13.0 Å². The number of halogens is 3. The fourth-order valence-electron chi connectivity index (χ4n) is 1.44. The van der Waals surface area contributed by atoms with Crippen LogP contribution in [0.5, 0.6) is 5.75 Å². The Kier molecular flexibility index (Phi) is 3.66. The van der Waals surface area contributed by atoms with Gasteiger partial charge in [-0.15, -0.1) is 13.2 Å². The zero-order valence-corrected chi connectivity index (χ0v) is 9.55. The van der Waals surface area contributed by atoms with Crippen molar-refractivity contribution in [2.75, 3.05) is 0 Å². The quantitative estimate of drug-likeness (QED) is 0.931. The maximum absolute atomic E-state index is 12.3. The van der Waals surface area contributed by atoms with Gasteiger partial charge in [0, 0.05) is 18.0 Å². The lowest BCUT2D eigenvalue weighted by atomic mass is 10.2. The molecule has 0 aliphatic rings. The first-order valence-corrected chi connectivity index (χ1v) is 5.26. The van der Waals surface area contributed by atoms with Crippen LogP contribution in [0.4, 0.5) is 13.2 Å². The third-order valence-corrected chi connectivity index (χ3v) is 2.24. The molecule has 2 rings (SSSR count). The molecule has 0 radical (unpaired) electrons. The lowest BCUT2D eigenvalue weighted by molar-refractivity contribution is -0.274. The van der Waals surface area contributed by atoms with Crippen molar-refractivity contribution in [2.24, 2.45) is 0 Å². The molecule has 1 aromatic carbocycles. The Morgan fingerprint density at radius 1 is 1.11 bits per heavy atom. The van der Waals surface area contributed by atoms with Crippen LogP contribution in [0.2, 0.25) is 0 Å². The van der Waals surface area contributed by atoms with Gasteiger partial charge in [-0.2, -0.15) is 0 Å². The van der Waals surface area contributed by atoms with E-state index in [4.69, 9.17) is 5.11 Å². The maximum Gasteiger partial charge on any atom is 0.573 e. The Balaban J connectivity index is 2.38. The minimum absolute atomic E-state index is 0.0945. The van der Waals surface area contributed by atoms with Gasteiger partial charge in [0.15, 0.2) is 5.82 Å². The van der Waals surface area contributed by atoms with Gasteiger partial charge in [-0.1, -0.05) is 12.1 Å². The first-order chi connectivity index (χ1) is 8.99. The molecule has 0 unspecified atom stereocenters. The van der Waals surface area contributed by atoms with Crippen molar-refractivity contribution < 1.29 is 23.0 Å². The zero-order valence-electron chi connectivity index (χ0n) is 9.55. The van der Waals surface area contributed by atoms with Gasteiger partial charge >= 0.3 is 6.36 Å². The van der Waals surface area contributed by atoms with Gasteiger partial charge in [-0.3, -0.25) is 0 Å². The van der Waals surface area contributed by atoms with Crippen molar-refractivity contribution in [3.8, 4) is 17.1 Å². The number of aliphatic hydroxyl groups is 1. The minimum Gasteiger partial charge on any atom is -0.405 e. The summed E-state index contributed by atoms with van der Waals surface area (Å²) in [7, 11) is 0. The molecule has 100 valence electrons. The lowest BCUT2D eigenvalue weighted by Crippen LogP contribution is -2.17. The molecule has 2 aromatic rings. The third-order valence-electron chi connectivity index (χ3n) is 2.24. The molecule has 4 nitrogen and oxygen atoms in total. The van der Waals surface area contributed by atoms with Gasteiger partial charge in [0.25, 0.3) is 0 Å². The standard InChI is InChI=1S/C12H9F3N2O2/c13-12(14,15)19-10-4-2-1-3-9(10)11-16-5-8(7-18)6-17-11/h1-6,18H,7H2. The summed E-state index contributed by atoms with van der Waals surface area (Å²) in [5, 5.41) is 8.85. The van der Waals surface area contributed by atoms with E-state index in [1.54, 1.807) is 6.07 Å². The molecule has 19 heavy (non-hydrogen) atoms. The van der Waals surface area contributed by atoms with Crippen molar-refractivity contribution >= 4 is 0 Å². The molecule has 0 saturated heterocycles. The van der Waals surface area contributed by atoms with E-state index in [-0.39, 0.29) is 23.7 Å². The molecular formula is C12H9F3N2O2. The Morgan fingerprint density at radius 2 is 1.74 bits per heavy atom. The van der Waals surface area contributed by atoms with Crippen molar-refractivity contribution in [3.63, 3.8) is 0 Å². The topological polar surface area (TPSA) is 55.2 Å². The second kappa shape index (κ2) is 5.23. The Morgan fingerprint density at radius 3 is 2.32 bits per heavy atom. The number of para-hydroxylation sites is 1. The minimum atomic E-state index is -4.78. The fourth-order valence-corrected chi connectivity index (χ4v) is 1.44. The Bertz CT molecular complexity index is 556. The van der Waals surface area contributed by atoms with Crippen LogP contribution < -0.4 is 4.74 Å². The van der Waals surface area contributed by atoms with Crippen molar-refractivity contribution in [3.05, 3.63) is 42.2 Å². The van der Waals surface area contributed by atoms with Crippen LogP contribution in [0.3, 0.4) is 0 Å².